The summed E-state index contributed by atoms with van der Waals surface area (Å²) in [7, 11) is 0. The van der Waals surface area contributed by atoms with Crippen LogP contribution >= 0.6 is 0 Å². The zero-order valence-electron chi connectivity index (χ0n) is 16.9. The molecule has 1 amide bonds. The molecule has 2 aromatic rings. The van der Waals surface area contributed by atoms with Gasteiger partial charge in [-0.3, -0.25) is 4.79 Å². The number of aromatic nitrogens is 2. The second-order valence-electron chi connectivity index (χ2n) is 9.91. The Balaban J connectivity index is 1.26. The molecule has 0 unspecified atom stereocenters. The number of nitrogens with one attached hydrogen (secondary N) is 2. The number of carbonyl (C=O) groups is 1. The summed E-state index contributed by atoms with van der Waals surface area (Å²) in [5.41, 5.74) is 1.67. The number of rotatable bonds is 6. The van der Waals surface area contributed by atoms with Gasteiger partial charge in [0.2, 0.25) is 0 Å². The maximum atomic E-state index is 13.4. The molecule has 5 nitrogen and oxygen atoms in total. The molecule has 0 radical (unpaired) electrons. The molecule has 0 spiro atoms. The van der Waals surface area contributed by atoms with Gasteiger partial charge in [0.1, 0.15) is 11.4 Å². The van der Waals surface area contributed by atoms with Crippen LogP contribution in [0.3, 0.4) is 0 Å². The molecule has 1 aromatic carbocycles. The Hall–Kier alpha value is -2.30. The Morgan fingerprint density at radius 3 is 2.34 bits per heavy atom. The molecule has 0 aliphatic heterocycles. The number of benzene rings is 1. The van der Waals surface area contributed by atoms with E-state index in [1.165, 1.54) is 44.9 Å². The monoisotopic (exact) mass is 390 g/mol. The minimum absolute atomic E-state index is 0.0444. The highest BCUT2D eigenvalue weighted by molar-refractivity contribution is 5.99. The van der Waals surface area contributed by atoms with Crippen LogP contribution in [0.1, 0.15) is 55.3 Å². The van der Waals surface area contributed by atoms with E-state index in [0.717, 1.165) is 35.8 Å². The van der Waals surface area contributed by atoms with E-state index in [1.54, 1.807) is 6.20 Å². The van der Waals surface area contributed by atoms with Gasteiger partial charge in [0, 0.05) is 12.6 Å². The molecule has 7 rings (SSSR count). The maximum absolute atomic E-state index is 13.4. The predicted molar refractivity (Wildman–Crippen MR) is 113 cm³/mol. The van der Waals surface area contributed by atoms with Gasteiger partial charge in [0.05, 0.1) is 11.9 Å². The van der Waals surface area contributed by atoms with Crippen molar-refractivity contribution in [2.75, 3.05) is 11.9 Å². The van der Waals surface area contributed by atoms with Crippen molar-refractivity contribution in [2.45, 2.75) is 51.0 Å². The zero-order chi connectivity index (χ0) is 19.4. The minimum Gasteiger partial charge on any atom is -0.369 e. The molecule has 4 bridgehead atoms. The van der Waals surface area contributed by atoms with Crippen molar-refractivity contribution in [2.24, 2.45) is 29.6 Å². The van der Waals surface area contributed by atoms with E-state index in [2.05, 4.69) is 15.7 Å². The summed E-state index contributed by atoms with van der Waals surface area (Å²) in [5.74, 6) is 4.82. The van der Waals surface area contributed by atoms with E-state index in [1.807, 2.05) is 35.0 Å². The van der Waals surface area contributed by atoms with Gasteiger partial charge >= 0.3 is 0 Å². The first-order valence-electron chi connectivity index (χ1n) is 11.4. The molecule has 29 heavy (non-hydrogen) atoms. The summed E-state index contributed by atoms with van der Waals surface area (Å²) in [6.45, 7) is 0.914. The fourth-order valence-electron chi connectivity index (χ4n) is 6.40. The lowest BCUT2D eigenvalue weighted by atomic mass is 9.54. The van der Waals surface area contributed by atoms with E-state index in [-0.39, 0.29) is 5.91 Å². The van der Waals surface area contributed by atoms with Gasteiger partial charge in [-0.05, 0) is 86.7 Å². The van der Waals surface area contributed by atoms with Crippen LogP contribution in [0.4, 0.5) is 5.82 Å². The van der Waals surface area contributed by atoms with E-state index in [0.29, 0.717) is 23.4 Å². The van der Waals surface area contributed by atoms with Crippen molar-refractivity contribution >= 4 is 11.7 Å². The molecule has 5 saturated carbocycles. The highest BCUT2D eigenvalue weighted by Crippen LogP contribution is 2.53. The average molecular weight is 391 g/mol. The highest BCUT2D eigenvalue weighted by Gasteiger charge is 2.48. The van der Waals surface area contributed by atoms with Gasteiger partial charge in [-0.25, -0.2) is 4.68 Å². The van der Waals surface area contributed by atoms with E-state index in [4.69, 9.17) is 0 Å². The van der Waals surface area contributed by atoms with Crippen molar-refractivity contribution < 1.29 is 4.79 Å². The normalized spacial score (nSPS) is 32.3. The lowest BCUT2D eigenvalue weighted by Gasteiger charge is -2.54. The molecule has 5 fully saturated rings. The molecule has 0 saturated heterocycles. The fourth-order valence-corrected chi connectivity index (χ4v) is 6.40. The summed E-state index contributed by atoms with van der Waals surface area (Å²) in [6.07, 6.45) is 11.0. The number of hydrogen-bond donors (Lipinski definition) is 2. The maximum Gasteiger partial charge on any atom is 0.256 e. The second kappa shape index (κ2) is 6.89. The Morgan fingerprint density at radius 2 is 1.69 bits per heavy atom. The van der Waals surface area contributed by atoms with Crippen molar-refractivity contribution in [3.63, 3.8) is 0 Å². The number of para-hydroxylation sites is 1. The molecular formula is C24H30N4O. The Kier molecular flexibility index (Phi) is 4.17. The van der Waals surface area contributed by atoms with Crippen LogP contribution < -0.4 is 10.6 Å². The number of carbonyl (C=O) groups excluding carboxylic acids is 1. The SMILES string of the molecule is O=C(NC1C2CC3CC(C2)CC1C3)c1cnn(-c2ccccc2)c1NCC1CC1. The number of hydrogen-bond acceptors (Lipinski definition) is 3. The lowest BCUT2D eigenvalue weighted by Crippen LogP contribution is -2.55. The van der Waals surface area contributed by atoms with Crippen LogP contribution in [0.15, 0.2) is 36.5 Å². The second-order valence-corrected chi connectivity index (χ2v) is 9.91. The molecule has 152 valence electrons. The minimum atomic E-state index is 0.0444. The summed E-state index contributed by atoms with van der Waals surface area (Å²) in [6, 6.07) is 10.5. The lowest BCUT2D eigenvalue weighted by molar-refractivity contribution is -0.0119. The molecule has 1 aromatic heterocycles. The van der Waals surface area contributed by atoms with Gasteiger partial charge in [-0.2, -0.15) is 5.10 Å². The van der Waals surface area contributed by atoms with Crippen LogP contribution in [0, 0.1) is 29.6 Å². The molecule has 1 heterocycles. The van der Waals surface area contributed by atoms with Crippen LogP contribution in [0.25, 0.3) is 5.69 Å². The third-order valence-electron chi connectivity index (χ3n) is 7.79. The largest absolute Gasteiger partial charge is 0.369 e. The van der Waals surface area contributed by atoms with Gasteiger partial charge in [-0.1, -0.05) is 18.2 Å². The molecule has 5 heteroatoms. The average Bonchev–Trinajstić information content (AvgIpc) is 3.46. The molecular weight excluding hydrogens is 360 g/mol. The third kappa shape index (κ3) is 3.24. The van der Waals surface area contributed by atoms with Crippen molar-refractivity contribution in [1.29, 1.82) is 0 Å². The van der Waals surface area contributed by atoms with Gasteiger partial charge < -0.3 is 10.6 Å². The first-order chi connectivity index (χ1) is 14.2. The molecule has 2 N–H and O–H groups in total. The summed E-state index contributed by atoms with van der Waals surface area (Å²) < 4.78 is 1.88. The topological polar surface area (TPSA) is 59.0 Å². The van der Waals surface area contributed by atoms with E-state index >= 15 is 0 Å². The molecule has 5 aliphatic carbocycles. The summed E-state index contributed by atoms with van der Waals surface area (Å²) >= 11 is 0. The Labute approximate surface area is 172 Å². The van der Waals surface area contributed by atoms with Gasteiger partial charge in [0.25, 0.3) is 5.91 Å². The van der Waals surface area contributed by atoms with Crippen LogP contribution in [-0.4, -0.2) is 28.3 Å². The Morgan fingerprint density at radius 1 is 1.00 bits per heavy atom. The van der Waals surface area contributed by atoms with Crippen molar-refractivity contribution in [3.05, 3.63) is 42.1 Å². The van der Waals surface area contributed by atoms with Gasteiger partial charge in [-0.15, -0.1) is 0 Å². The van der Waals surface area contributed by atoms with Crippen molar-refractivity contribution in [3.8, 4) is 5.69 Å². The molecule has 5 aliphatic rings. The van der Waals surface area contributed by atoms with Crippen molar-refractivity contribution in [1.82, 2.24) is 15.1 Å². The smallest absolute Gasteiger partial charge is 0.256 e. The number of amides is 1. The summed E-state index contributed by atoms with van der Waals surface area (Å²) in [4.78, 5) is 13.4. The van der Waals surface area contributed by atoms with E-state index < -0.39 is 0 Å². The zero-order valence-corrected chi connectivity index (χ0v) is 16.9. The fraction of sp³-hybridized carbons (Fsp3) is 0.583. The van der Waals surface area contributed by atoms with Crippen LogP contribution in [0.5, 0.6) is 0 Å². The molecule has 0 atom stereocenters. The third-order valence-corrected chi connectivity index (χ3v) is 7.79. The standard InChI is InChI=1S/C24H30N4O/c29-24(27-22-18-9-16-8-17(11-18)12-19(22)10-16)21-14-26-28(20-4-2-1-3-5-20)23(21)25-13-15-6-7-15/h1-5,14-19,22,25H,6-13H2,(H,27,29). The van der Waals surface area contributed by atoms with Crippen LogP contribution in [-0.2, 0) is 0 Å². The van der Waals surface area contributed by atoms with Gasteiger partial charge in [0.15, 0.2) is 0 Å². The van der Waals surface area contributed by atoms with E-state index in [9.17, 15) is 4.79 Å². The summed E-state index contributed by atoms with van der Waals surface area (Å²) in [5, 5.41) is 11.6. The number of nitrogens with zero attached hydrogens (tertiary/aromatic N) is 2. The number of anilines is 1. The first kappa shape index (κ1) is 17.5. The highest BCUT2D eigenvalue weighted by atomic mass is 16.1. The quantitative estimate of drug-likeness (QED) is 0.775. The van der Waals surface area contributed by atoms with Crippen LogP contribution in [0.2, 0.25) is 0 Å². The Bertz CT molecular complexity index is 873. The predicted octanol–water partition coefficient (Wildman–Crippen LogP) is 4.25. The first-order valence-corrected chi connectivity index (χ1v) is 11.4.